The van der Waals surface area contributed by atoms with E-state index in [0.717, 1.165) is 5.70 Å². The Hall–Kier alpha value is -1.53. The molecular formula is C6H11N6+. The molecule has 2 heterocycles. The second-order valence-electron chi connectivity index (χ2n) is 2.90. The molecule has 0 aromatic carbocycles. The van der Waals surface area contributed by atoms with Gasteiger partial charge in [0.05, 0.1) is 6.20 Å². The van der Waals surface area contributed by atoms with Crippen LogP contribution in [0.2, 0.25) is 0 Å². The first-order valence-corrected chi connectivity index (χ1v) is 3.51. The summed E-state index contributed by atoms with van der Waals surface area (Å²) in [5.74, 6) is 6.49. The van der Waals surface area contributed by atoms with E-state index in [4.69, 9.17) is 17.3 Å². The Balaban J connectivity index is 2.58. The van der Waals surface area contributed by atoms with Crippen LogP contribution in [0, 0.1) is 0 Å². The van der Waals surface area contributed by atoms with E-state index in [1.807, 2.05) is 7.05 Å². The fourth-order valence-electron chi connectivity index (χ4n) is 1.38. The molecule has 0 saturated heterocycles. The highest BCUT2D eigenvalue weighted by molar-refractivity contribution is 5.76. The van der Waals surface area contributed by atoms with E-state index in [2.05, 4.69) is 4.99 Å². The first-order valence-electron chi connectivity index (χ1n) is 3.51. The second-order valence-corrected chi connectivity index (χ2v) is 2.90. The Labute approximate surface area is 69.8 Å². The molecule has 0 aromatic rings. The number of allylic oxidation sites excluding steroid dienone is 1. The summed E-state index contributed by atoms with van der Waals surface area (Å²) in [5.41, 5.74) is 12.1. The predicted molar refractivity (Wildman–Crippen MR) is 44.2 cm³/mol. The summed E-state index contributed by atoms with van der Waals surface area (Å²) < 4.78 is 0.159. The maximum absolute atomic E-state index is 5.68. The van der Waals surface area contributed by atoms with Crippen LogP contribution in [0.15, 0.2) is 28.8 Å². The van der Waals surface area contributed by atoms with Gasteiger partial charge in [0.25, 0.3) is 0 Å². The number of hydrogen-bond acceptors (Lipinski definition) is 5. The van der Waals surface area contributed by atoms with Crippen molar-refractivity contribution in [3.05, 3.63) is 23.8 Å². The van der Waals surface area contributed by atoms with Crippen LogP contribution >= 0.6 is 0 Å². The molecule has 1 atom stereocenters. The zero-order chi connectivity index (χ0) is 8.93. The summed E-state index contributed by atoms with van der Waals surface area (Å²) in [5, 5.41) is 1.45. The third kappa shape index (κ3) is 0.544. The first kappa shape index (κ1) is 7.14. The van der Waals surface area contributed by atoms with E-state index in [1.54, 1.807) is 12.3 Å². The number of nitrogens with two attached hydrogens (primary N) is 3. The summed E-state index contributed by atoms with van der Waals surface area (Å²) in [6.45, 7) is 0. The maximum Gasteiger partial charge on any atom is 0.333 e. The molecule has 0 spiro atoms. The van der Waals surface area contributed by atoms with E-state index in [0.29, 0.717) is 11.8 Å². The number of rotatable bonds is 0. The standard InChI is InChI=1S/C6H11N6/c1-12-4(2-3-11(12)9)5(7)10-6(12)8/h2-3H,7,9H2,1H3,(H2,8,10)/q+1. The summed E-state index contributed by atoms with van der Waals surface area (Å²) in [6, 6.07) is 0. The average Bonchev–Trinajstić information content (AvgIpc) is 2.39. The van der Waals surface area contributed by atoms with Gasteiger partial charge in [0.1, 0.15) is 7.05 Å². The van der Waals surface area contributed by atoms with Gasteiger partial charge in [0.15, 0.2) is 5.82 Å². The van der Waals surface area contributed by atoms with Gasteiger partial charge in [0, 0.05) is 6.08 Å². The van der Waals surface area contributed by atoms with Crippen molar-refractivity contribution in [1.29, 1.82) is 0 Å². The zero-order valence-electron chi connectivity index (χ0n) is 6.73. The predicted octanol–water partition coefficient (Wildman–Crippen LogP) is -1.49. The topological polar surface area (TPSA) is 93.7 Å². The summed E-state index contributed by atoms with van der Waals surface area (Å²) in [6.07, 6.45) is 3.52. The molecule has 0 fully saturated rings. The molecule has 6 nitrogen and oxygen atoms in total. The van der Waals surface area contributed by atoms with Crippen molar-refractivity contribution in [2.24, 2.45) is 22.3 Å². The fraction of sp³-hybridized carbons (Fsp3) is 0.167. The average molecular weight is 167 g/mol. The van der Waals surface area contributed by atoms with E-state index in [-0.39, 0.29) is 4.59 Å². The highest BCUT2D eigenvalue weighted by Gasteiger charge is 2.46. The molecule has 0 amide bonds. The van der Waals surface area contributed by atoms with Gasteiger partial charge in [-0.15, -0.1) is 9.71 Å². The molecule has 64 valence electrons. The van der Waals surface area contributed by atoms with E-state index in [1.165, 1.54) is 5.12 Å². The monoisotopic (exact) mass is 167 g/mol. The van der Waals surface area contributed by atoms with E-state index >= 15 is 0 Å². The Morgan fingerprint density at radius 3 is 2.75 bits per heavy atom. The summed E-state index contributed by atoms with van der Waals surface area (Å²) in [7, 11) is 1.83. The van der Waals surface area contributed by atoms with Crippen LogP contribution in [0.4, 0.5) is 0 Å². The molecule has 2 aliphatic rings. The van der Waals surface area contributed by atoms with Gasteiger partial charge in [-0.2, -0.15) is 4.99 Å². The third-order valence-corrected chi connectivity index (χ3v) is 2.26. The van der Waals surface area contributed by atoms with E-state index < -0.39 is 0 Å². The van der Waals surface area contributed by atoms with Crippen LogP contribution in [0.3, 0.4) is 0 Å². The minimum Gasteiger partial charge on any atom is -0.378 e. The summed E-state index contributed by atoms with van der Waals surface area (Å²) in [4.78, 5) is 3.95. The lowest BCUT2D eigenvalue weighted by Gasteiger charge is -2.29. The van der Waals surface area contributed by atoms with Crippen LogP contribution < -0.4 is 17.3 Å². The lowest BCUT2D eigenvalue weighted by molar-refractivity contribution is -0.892. The quantitative estimate of drug-likeness (QED) is 0.302. The third-order valence-electron chi connectivity index (χ3n) is 2.26. The lowest BCUT2D eigenvalue weighted by atomic mass is 10.4. The van der Waals surface area contributed by atoms with Crippen molar-refractivity contribution >= 4 is 5.96 Å². The second kappa shape index (κ2) is 1.79. The van der Waals surface area contributed by atoms with Gasteiger partial charge in [-0.05, 0) is 0 Å². The molecule has 0 bridgehead atoms. The van der Waals surface area contributed by atoms with Crippen LogP contribution in [0.5, 0.6) is 0 Å². The molecule has 12 heavy (non-hydrogen) atoms. The number of hydrogen-bond donors (Lipinski definition) is 3. The van der Waals surface area contributed by atoms with E-state index in [9.17, 15) is 0 Å². The molecule has 0 saturated carbocycles. The Bertz CT molecular complexity index is 327. The van der Waals surface area contributed by atoms with Crippen molar-refractivity contribution in [3.8, 4) is 0 Å². The molecule has 2 aliphatic heterocycles. The molecule has 2 rings (SSSR count). The highest BCUT2D eigenvalue weighted by Crippen LogP contribution is 2.30. The molecule has 0 radical (unpaired) electrons. The normalized spacial score (nSPS) is 32.8. The first-order chi connectivity index (χ1) is 5.56. The van der Waals surface area contributed by atoms with Crippen LogP contribution in [0.25, 0.3) is 0 Å². The molecule has 0 aliphatic carbocycles. The smallest absolute Gasteiger partial charge is 0.333 e. The van der Waals surface area contributed by atoms with Gasteiger partial charge in [0.2, 0.25) is 5.70 Å². The molecule has 6 N–H and O–H groups in total. The van der Waals surface area contributed by atoms with Crippen molar-refractivity contribution in [2.45, 2.75) is 0 Å². The van der Waals surface area contributed by atoms with Gasteiger partial charge in [-0.1, -0.05) is 0 Å². The Morgan fingerprint density at radius 2 is 2.17 bits per heavy atom. The zero-order valence-corrected chi connectivity index (χ0v) is 6.73. The van der Waals surface area contributed by atoms with Crippen molar-refractivity contribution in [1.82, 2.24) is 5.12 Å². The minimum atomic E-state index is 0.159. The Morgan fingerprint density at radius 1 is 1.50 bits per heavy atom. The molecule has 1 unspecified atom stereocenters. The van der Waals surface area contributed by atoms with Gasteiger partial charge in [-0.3, -0.25) is 0 Å². The summed E-state index contributed by atoms with van der Waals surface area (Å²) >= 11 is 0. The Kier molecular flexibility index (Phi) is 1.07. The van der Waals surface area contributed by atoms with Crippen molar-refractivity contribution < 1.29 is 4.59 Å². The maximum atomic E-state index is 5.68. The van der Waals surface area contributed by atoms with Crippen LogP contribution in [-0.4, -0.2) is 22.7 Å². The van der Waals surface area contributed by atoms with Crippen molar-refractivity contribution in [3.63, 3.8) is 0 Å². The molecular weight excluding hydrogens is 156 g/mol. The molecule has 6 heteroatoms. The molecule has 0 aromatic heterocycles. The number of nitrogens with zero attached hydrogens (tertiary/aromatic N) is 3. The van der Waals surface area contributed by atoms with Gasteiger partial charge >= 0.3 is 5.96 Å². The van der Waals surface area contributed by atoms with Crippen molar-refractivity contribution in [2.75, 3.05) is 7.05 Å². The number of aliphatic imine (C=N–C) groups is 1. The highest BCUT2D eigenvalue weighted by atomic mass is 15.9. The van der Waals surface area contributed by atoms with Gasteiger partial charge < -0.3 is 11.5 Å². The fourth-order valence-corrected chi connectivity index (χ4v) is 1.38. The lowest BCUT2D eigenvalue weighted by Crippen LogP contribution is -2.59. The SMILES string of the molecule is C[N+]12C(N)=NC(N)=C1C=CN2N. The van der Waals surface area contributed by atoms with Crippen LogP contribution in [-0.2, 0) is 0 Å². The number of quaternary nitrogens is 1. The number of hydrazine groups is 1. The number of fused-ring (bicyclic) bond motifs is 1. The largest absolute Gasteiger partial charge is 0.378 e. The van der Waals surface area contributed by atoms with Gasteiger partial charge in [-0.25, -0.2) is 5.84 Å². The minimum absolute atomic E-state index is 0.159. The number of guanidine groups is 1. The van der Waals surface area contributed by atoms with Crippen LogP contribution in [0.1, 0.15) is 0 Å². The number of likely N-dealkylation sites (N-methyl/N-ethyl adjacent to an activating group) is 1.